The molecule has 0 spiro atoms. The standard InChI is InChI=1S/C28H28N2O4/c1-28(2)17-20-9-12-23(34-4)15-24(20)25(30-28)16-26(31)18-5-7-19(8-6-18)27(32)29-21-10-13-22(33-3)14-11-21/h5-15H,16-17H2,1-4H3,(H,29,32). The number of hydrogen-bond acceptors (Lipinski definition) is 5. The van der Waals surface area contributed by atoms with Gasteiger partial charge < -0.3 is 14.8 Å². The van der Waals surface area contributed by atoms with E-state index in [1.165, 1.54) is 0 Å². The maximum Gasteiger partial charge on any atom is 0.255 e. The third-order valence-electron chi connectivity index (χ3n) is 5.83. The largest absolute Gasteiger partial charge is 0.497 e. The molecule has 1 amide bonds. The first kappa shape index (κ1) is 23.2. The molecule has 6 heteroatoms. The number of fused-ring (bicyclic) bond motifs is 1. The van der Waals surface area contributed by atoms with Crippen LogP contribution in [0.15, 0.2) is 71.7 Å². The lowest BCUT2D eigenvalue weighted by Gasteiger charge is -2.29. The van der Waals surface area contributed by atoms with Crippen LogP contribution in [0.3, 0.4) is 0 Å². The molecular weight excluding hydrogens is 428 g/mol. The third-order valence-corrected chi connectivity index (χ3v) is 5.83. The molecule has 1 N–H and O–H groups in total. The minimum atomic E-state index is -0.277. The van der Waals surface area contributed by atoms with Crippen LogP contribution in [0.25, 0.3) is 0 Å². The summed E-state index contributed by atoms with van der Waals surface area (Å²) in [5.41, 5.74) is 4.28. The molecule has 174 valence electrons. The highest BCUT2D eigenvalue weighted by molar-refractivity contribution is 6.17. The van der Waals surface area contributed by atoms with Crippen LogP contribution in [-0.2, 0) is 6.42 Å². The Balaban J connectivity index is 1.48. The number of methoxy groups -OCH3 is 2. The van der Waals surface area contributed by atoms with Crippen molar-refractivity contribution in [2.45, 2.75) is 32.2 Å². The number of ketones is 1. The Bertz CT molecular complexity index is 1240. The summed E-state index contributed by atoms with van der Waals surface area (Å²) < 4.78 is 10.5. The zero-order valence-electron chi connectivity index (χ0n) is 19.8. The number of Topliss-reactive ketones (excluding diaryl/α,β-unsaturated/α-hetero) is 1. The van der Waals surface area contributed by atoms with Crippen molar-refractivity contribution < 1.29 is 19.1 Å². The minimum Gasteiger partial charge on any atom is -0.497 e. The normalized spacial score (nSPS) is 13.9. The number of hydrogen-bond donors (Lipinski definition) is 1. The summed E-state index contributed by atoms with van der Waals surface area (Å²) in [5.74, 6) is 1.16. The maximum atomic E-state index is 13.1. The van der Waals surface area contributed by atoms with Gasteiger partial charge >= 0.3 is 0 Å². The van der Waals surface area contributed by atoms with Crippen LogP contribution in [-0.4, -0.2) is 37.2 Å². The SMILES string of the molecule is COc1ccc(NC(=O)c2ccc(C(=O)CC3=NC(C)(C)Cc4ccc(OC)cc43)cc2)cc1. The van der Waals surface area contributed by atoms with Crippen LogP contribution in [0.1, 0.15) is 52.1 Å². The summed E-state index contributed by atoms with van der Waals surface area (Å²) in [6.45, 7) is 4.14. The molecular formula is C28H28N2O4. The average Bonchev–Trinajstić information content (AvgIpc) is 2.83. The number of nitrogens with zero attached hydrogens (tertiary/aromatic N) is 1. The zero-order valence-corrected chi connectivity index (χ0v) is 19.8. The molecule has 34 heavy (non-hydrogen) atoms. The quantitative estimate of drug-likeness (QED) is 0.486. The molecule has 0 saturated heterocycles. The lowest BCUT2D eigenvalue weighted by Crippen LogP contribution is -2.30. The molecule has 1 aliphatic heterocycles. The van der Waals surface area contributed by atoms with E-state index in [2.05, 4.69) is 19.2 Å². The van der Waals surface area contributed by atoms with Gasteiger partial charge in [0.1, 0.15) is 11.5 Å². The first-order chi connectivity index (χ1) is 16.3. The number of amides is 1. The summed E-state index contributed by atoms with van der Waals surface area (Å²) in [5, 5.41) is 2.84. The lowest BCUT2D eigenvalue weighted by molar-refractivity contribution is 0.0995. The van der Waals surface area contributed by atoms with Gasteiger partial charge in [-0.05, 0) is 74.4 Å². The number of carbonyl (C=O) groups excluding carboxylic acids is 2. The van der Waals surface area contributed by atoms with Gasteiger partial charge in [-0.1, -0.05) is 18.2 Å². The Morgan fingerprint density at radius 3 is 2.15 bits per heavy atom. The number of carbonyl (C=O) groups is 2. The molecule has 3 aromatic rings. The fourth-order valence-electron chi connectivity index (χ4n) is 4.11. The Labute approximate surface area is 199 Å². The minimum absolute atomic E-state index is 0.0488. The predicted octanol–water partition coefficient (Wildman–Crippen LogP) is 5.35. The van der Waals surface area contributed by atoms with Gasteiger partial charge in [0.25, 0.3) is 5.91 Å². The molecule has 0 bridgehead atoms. The van der Waals surface area contributed by atoms with Crippen molar-refractivity contribution in [2.24, 2.45) is 4.99 Å². The monoisotopic (exact) mass is 456 g/mol. The van der Waals surface area contributed by atoms with E-state index in [1.54, 1.807) is 62.8 Å². The van der Waals surface area contributed by atoms with Gasteiger partial charge in [-0.15, -0.1) is 0 Å². The van der Waals surface area contributed by atoms with Gasteiger partial charge in [-0.2, -0.15) is 0 Å². The van der Waals surface area contributed by atoms with Crippen LogP contribution < -0.4 is 14.8 Å². The molecule has 0 aliphatic carbocycles. The molecule has 0 aromatic heterocycles. The Morgan fingerprint density at radius 2 is 1.50 bits per heavy atom. The summed E-state index contributed by atoms with van der Waals surface area (Å²) >= 11 is 0. The second-order valence-electron chi connectivity index (χ2n) is 8.93. The lowest BCUT2D eigenvalue weighted by atomic mass is 9.85. The van der Waals surface area contributed by atoms with Crippen molar-refractivity contribution in [3.8, 4) is 11.5 Å². The molecule has 0 unspecified atom stereocenters. The first-order valence-electron chi connectivity index (χ1n) is 11.1. The summed E-state index contributed by atoms with van der Waals surface area (Å²) in [4.78, 5) is 30.5. The van der Waals surface area contributed by atoms with Crippen LogP contribution in [0.5, 0.6) is 11.5 Å². The van der Waals surface area contributed by atoms with Gasteiger partial charge in [0.05, 0.1) is 31.9 Å². The van der Waals surface area contributed by atoms with Gasteiger partial charge in [0.15, 0.2) is 5.78 Å². The molecule has 0 saturated carbocycles. The van der Waals surface area contributed by atoms with Crippen LogP contribution in [0, 0.1) is 0 Å². The van der Waals surface area contributed by atoms with E-state index in [0.717, 1.165) is 29.0 Å². The highest BCUT2D eigenvalue weighted by Crippen LogP contribution is 2.31. The maximum absolute atomic E-state index is 13.1. The zero-order chi connectivity index (χ0) is 24.3. The van der Waals surface area contributed by atoms with Crippen LogP contribution in [0.2, 0.25) is 0 Å². The summed E-state index contributed by atoms with van der Waals surface area (Å²) in [6, 6.07) is 19.7. The van der Waals surface area contributed by atoms with Crippen molar-refractivity contribution in [1.82, 2.24) is 0 Å². The smallest absolute Gasteiger partial charge is 0.255 e. The topological polar surface area (TPSA) is 77.0 Å². The summed E-state index contributed by atoms with van der Waals surface area (Å²) in [7, 11) is 3.22. The van der Waals surface area contributed by atoms with Crippen molar-refractivity contribution in [1.29, 1.82) is 0 Å². The molecule has 3 aromatic carbocycles. The molecule has 0 radical (unpaired) electrons. The first-order valence-corrected chi connectivity index (χ1v) is 11.1. The number of rotatable bonds is 7. The second-order valence-corrected chi connectivity index (χ2v) is 8.93. The molecule has 0 atom stereocenters. The fourth-order valence-corrected chi connectivity index (χ4v) is 4.11. The number of benzene rings is 3. The van der Waals surface area contributed by atoms with Crippen molar-refractivity contribution in [3.05, 3.63) is 89.0 Å². The summed E-state index contributed by atoms with van der Waals surface area (Å²) in [6.07, 6.45) is 0.989. The molecule has 1 aliphatic rings. The van der Waals surface area contributed by atoms with Crippen molar-refractivity contribution in [2.75, 3.05) is 19.5 Å². The van der Waals surface area contributed by atoms with Gasteiger partial charge in [-0.3, -0.25) is 14.6 Å². The number of aliphatic imine (C=N–C) groups is 1. The van der Waals surface area contributed by atoms with Crippen molar-refractivity contribution >= 4 is 23.1 Å². The van der Waals surface area contributed by atoms with E-state index < -0.39 is 0 Å². The third kappa shape index (κ3) is 5.17. The van der Waals surface area contributed by atoms with Crippen LogP contribution in [0.4, 0.5) is 5.69 Å². The number of anilines is 1. The fraction of sp³-hybridized carbons (Fsp3) is 0.250. The van der Waals surface area contributed by atoms with E-state index in [-0.39, 0.29) is 23.7 Å². The second kappa shape index (κ2) is 9.51. The highest BCUT2D eigenvalue weighted by atomic mass is 16.5. The number of ether oxygens (including phenoxy) is 2. The average molecular weight is 457 g/mol. The van der Waals surface area contributed by atoms with Crippen molar-refractivity contribution in [3.63, 3.8) is 0 Å². The van der Waals surface area contributed by atoms with Gasteiger partial charge in [0, 0.05) is 22.4 Å². The highest BCUT2D eigenvalue weighted by Gasteiger charge is 2.28. The Kier molecular flexibility index (Phi) is 6.50. The van der Waals surface area contributed by atoms with E-state index in [9.17, 15) is 9.59 Å². The molecule has 1 heterocycles. The molecule has 4 rings (SSSR count). The predicted molar refractivity (Wildman–Crippen MR) is 134 cm³/mol. The van der Waals surface area contributed by atoms with Crippen LogP contribution >= 0.6 is 0 Å². The molecule has 6 nitrogen and oxygen atoms in total. The molecule has 0 fully saturated rings. The Hall–Kier alpha value is -3.93. The van der Waals surface area contributed by atoms with Gasteiger partial charge in [0.2, 0.25) is 0 Å². The van der Waals surface area contributed by atoms with Gasteiger partial charge in [-0.25, -0.2) is 0 Å². The van der Waals surface area contributed by atoms with E-state index in [4.69, 9.17) is 14.5 Å². The van der Waals surface area contributed by atoms with E-state index >= 15 is 0 Å². The Morgan fingerprint density at radius 1 is 0.882 bits per heavy atom. The van der Waals surface area contributed by atoms with E-state index in [1.807, 2.05) is 18.2 Å². The number of nitrogens with one attached hydrogen (secondary N) is 1. The van der Waals surface area contributed by atoms with E-state index in [0.29, 0.717) is 22.6 Å².